The fraction of sp³-hybridized carbons (Fsp3) is 0.143. The topological polar surface area (TPSA) is 44.1 Å². The first-order valence-electron chi connectivity index (χ1n) is 8.32. The Balaban J connectivity index is 1.77. The highest BCUT2D eigenvalue weighted by molar-refractivity contribution is 7.17. The number of hydrogen-bond donors (Lipinski definition) is 0. The first-order valence-corrected chi connectivity index (χ1v) is 9.20. The second-order valence-electron chi connectivity index (χ2n) is 6.22. The highest BCUT2D eigenvalue weighted by Gasteiger charge is 2.13. The van der Waals surface area contributed by atoms with Crippen LogP contribution in [0.2, 0.25) is 0 Å². The molecule has 5 heteroatoms. The zero-order valence-corrected chi connectivity index (χ0v) is 15.4. The Kier molecular flexibility index (Phi) is 4.31. The predicted octanol–water partition coefficient (Wildman–Crippen LogP) is 4.49. The van der Waals surface area contributed by atoms with Crippen LogP contribution in [-0.2, 0) is 6.54 Å². The second kappa shape index (κ2) is 6.77. The lowest BCUT2D eigenvalue weighted by Gasteiger charge is -2.07. The molecule has 130 valence electrons. The van der Waals surface area contributed by atoms with E-state index in [9.17, 15) is 4.79 Å². The summed E-state index contributed by atoms with van der Waals surface area (Å²) in [6, 6.07) is 15.9. The molecule has 0 N–H and O–H groups in total. The van der Waals surface area contributed by atoms with E-state index in [2.05, 4.69) is 36.2 Å². The van der Waals surface area contributed by atoms with E-state index in [1.807, 2.05) is 29.6 Å². The molecule has 4 aromatic rings. The normalized spacial score (nSPS) is 11.0. The molecule has 2 aromatic carbocycles. The first-order chi connectivity index (χ1) is 12.7. The number of methoxy groups -OCH3 is 1. The molecule has 4 nitrogen and oxygen atoms in total. The number of hydrogen-bond acceptors (Lipinski definition) is 4. The lowest BCUT2D eigenvalue weighted by Crippen LogP contribution is -2.20. The van der Waals surface area contributed by atoms with Gasteiger partial charge >= 0.3 is 0 Å². The van der Waals surface area contributed by atoms with Crippen molar-refractivity contribution in [2.75, 3.05) is 7.11 Å². The summed E-state index contributed by atoms with van der Waals surface area (Å²) in [4.78, 5) is 18.4. The van der Waals surface area contributed by atoms with Crippen molar-refractivity contribution >= 4 is 21.6 Å². The molecule has 26 heavy (non-hydrogen) atoms. The number of nitrogens with zero attached hydrogens (tertiary/aromatic N) is 2. The molecule has 0 amide bonds. The largest absolute Gasteiger partial charge is 0.497 e. The van der Waals surface area contributed by atoms with E-state index in [1.165, 1.54) is 16.9 Å². The van der Waals surface area contributed by atoms with E-state index in [1.54, 1.807) is 18.0 Å². The monoisotopic (exact) mass is 362 g/mol. The van der Waals surface area contributed by atoms with Gasteiger partial charge in [-0.2, -0.15) is 0 Å². The van der Waals surface area contributed by atoms with Crippen molar-refractivity contribution < 1.29 is 4.74 Å². The minimum atomic E-state index is -0.0114. The lowest BCUT2D eigenvalue weighted by atomic mass is 10.1. The molecule has 0 fully saturated rings. The van der Waals surface area contributed by atoms with Gasteiger partial charge in [0, 0.05) is 10.9 Å². The molecular formula is C21H18N2O2S. The number of rotatable bonds is 4. The average molecular weight is 362 g/mol. The molecule has 0 unspecified atom stereocenters. The van der Waals surface area contributed by atoms with Gasteiger partial charge < -0.3 is 4.74 Å². The highest BCUT2D eigenvalue weighted by atomic mass is 32.1. The maximum absolute atomic E-state index is 13.1. The third-order valence-corrected chi connectivity index (χ3v) is 5.32. The third kappa shape index (κ3) is 3.02. The summed E-state index contributed by atoms with van der Waals surface area (Å²) in [5, 5.41) is 2.71. The standard InChI is InChI=1S/C21H18N2O2S/c1-14-3-7-16(8-4-14)18-12-26-20-19(18)21(24)23(13-22-20)11-15-5-9-17(25-2)10-6-15/h3-10,12-13H,11H2,1-2H3. The van der Waals surface area contributed by atoms with E-state index in [-0.39, 0.29) is 5.56 Å². The van der Waals surface area contributed by atoms with E-state index in [0.717, 1.165) is 27.3 Å². The van der Waals surface area contributed by atoms with Gasteiger partial charge in [-0.3, -0.25) is 9.36 Å². The molecule has 0 saturated heterocycles. The summed E-state index contributed by atoms with van der Waals surface area (Å²) >= 11 is 1.51. The maximum atomic E-state index is 13.1. The zero-order chi connectivity index (χ0) is 18.1. The number of aromatic nitrogens is 2. The van der Waals surface area contributed by atoms with Crippen LogP contribution in [0.3, 0.4) is 0 Å². The summed E-state index contributed by atoms with van der Waals surface area (Å²) in [7, 11) is 1.64. The number of aryl methyl sites for hydroxylation is 1. The van der Waals surface area contributed by atoms with Crippen LogP contribution in [0.5, 0.6) is 5.75 Å². The van der Waals surface area contributed by atoms with Gasteiger partial charge in [0.1, 0.15) is 10.6 Å². The Morgan fingerprint density at radius 3 is 2.50 bits per heavy atom. The van der Waals surface area contributed by atoms with E-state index in [4.69, 9.17) is 4.74 Å². The molecule has 2 heterocycles. The van der Waals surface area contributed by atoms with Crippen molar-refractivity contribution in [3.63, 3.8) is 0 Å². The van der Waals surface area contributed by atoms with Crippen molar-refractivity contribution in [1.82, 2.24) is 9.55 Å². The van der Waals surface area contributed by atoms with Crippen LogP contribution < -0.4 is 10.3 Å². The van der Waals surface area contributed by atoms with E-state index < -0.39 is 0 Å². The molecule has 0 aliphatic carbocycles. The second-order valence-corrected chi connectivity index (χ2v) is 7.08. The predicted molar refractivity (Wildman–Crippen MR) is 106 cm³/mol. The van der Waals surface area contributed by atoms with Crippen LogP contribution in [0.4, 0.5) is 0 Å². The SMILES string of the molecule is COc1ccc(Cn2cnc3scc(-c4ccc(C)cc4)c3c2=O)cc1. The van der Waals surface area contributed by atoms with Gasteiger partial charge in [0.15, 0.2) is 0 Å². The summed E-state index contributed by atoms with van der Waals surface area (Å²) in [6.07, 6.45) is 1.63. The third-order valence-electron chi connectivity index (χ3n) is 4.44. The number of benzene rings is 2. The Hall–Kier alpha value is -2.92. The van der Waals surface area contributed by atoms with Crippen molar-refractivity contribution in [3.8, 4) is 16.9 Å². The van der Waals surface area contributed by atoms with E-state index in [0.29, 0.717) is 11.9 Å². The fourth-order valence-corrected chi connectivity index (χ4v) is 3.86. The maximum Gasteiger partial charge on any atom is 0.263 e. The molecule has 0 bridgehead atoms. The van der Waals surface area contributed by atoms with Crippen molar-refractivity contribution in [2.24, 2.45) is 0 Å². The summed E-state index contributed by atoms with van der Waals surface area (Å²) in [5.74, 6) is 0.800. The van der Waals surface area contributed by atoms with Crippen LogP contribution in [0.25, 0.3) is 21.3 Å². The summed E-state index contributed by atoms with van der Waals surface area (Å²) in [5.41, 5.74) is 4.21. The number of thiophene rings is 1. The zero-order valence-electron chi connectivity index (χ0n) is 14.6. The van der Waals surface area contributed by atoms with Gasteiger partial charge in [-0.25, -0.2) is 4.98 Å². The van der Waals surface area contributed by atoms with E-state index >= 15 is 0 Å². The van der Waals surface area contributed by atoms with Gasteiger partial charge in [-0.15, -0.1) is 11.3 Å². The molecule has 0 spiro atoms. The Labute approximate surface area is 155 Å². The summed E-state index contributed by atoms with van der Waals surface area (Å²) < 4.78 is 6.85. The molecule has 0 saturated carbocycles. The van der Waals surface area contributed by atoms with Gasteiger partial charge in [0.25, 0.3) is 5.56 Å². The minimum absolute atomic E-state index is 0.0114. The minimum Gasteiger partial charge on any atom is -0.497 e. The highest BCUT2D eigenvalue weighted by Crippen LogP contribution is 2.30. The molecule has 0 aliphatic heterocycles. The van der Waals surface area contributed by atoms with Crippen LogP contribution in [0.15, 0.2) is 65.0 Å². The van der Waals surface area contributed by atoms with Crippen LogP contribution in [0.1, 0.15) is 11.1 Å². The Morgan fingerprint density at radius 2 is 1.81 bits per heavy atom. The number of ether oxygens (including phenoxy) is 1. The molecule has 0 radical (unpaired) electrons. The van der Waals surface area contributed by atoms with Crippen molar-refractivity contribution in [2.45, 2.75) is 13.5 Å². The summed E-state index contributed by atoms with van der Waals surface area (Å²) in [6.45, 7) is 2.54. The molecule has 4 rings (SSSR count). The smallest absolute Gasteiger partial charge is 0.263 e. The lowest BCUT2D eigenvalue weighted by molar-refractivity contribution is 0.414. The van der Waals surface area contributed by atoms with Gasteiger partial charge in [-0.1, -0.05) is 42.0 Å². The van der Waals surface area contributed by atoms with Crippen LogP contribution in [0, 0.1) is 6.92 Å². The van der Waals surface area contributed by atoms with Crippen LogP contribution in [-0.4, -0.2) is 16.7 Å². The Bertz CT molecular complexity index is 1110. The molecular weight excluding hydrogens is 344 g/mol. The molecule has 0 aliphatic rings. The van der Waals surface area contributed by atoms with Crippen molar-refractivity contribution in [3.05, 3.63) is 81.7 Å². The first kappa shape index (κ1) is 16.5. The van der Waals surface area contributed by atoms with Gasteiger partial charge in [0.05, 0.1) is 25.4 Å². The molecule has 2 aromatic heterocycles. The van der Waals surface area contributed by atoms with Crippen LogP contribution >= 0.6 is 11.3 Å². The average Bonchev–Trinajstić information content (AvgIpc) is 3.10. The number of fused-ring (bicyclic) bond motifs is 1. The quantitative estimate of drug-likeness (QED) is 0.537. The fourth-order valence-electron chi connectivity index (χ4n) is 2.95. The van der Waals surface area contributed by atoms with Gasteiger partial charge in [0.2, 0.25) is 0 Å². The van der Waals surface area contributed by atoms with Gasteiger partial charge in [-0.05, 0) is 30.2 Å². The van der Waals surface area contributed by atoms with Crippen molar-refractivity contribution in [1.29, 1.82) is 0 Å². The molecule has 0 atom stereocenters. The Morgan fingerprint density at radius 1 is 1.08 bits per heavy atom.